The fourth-order valence-corrected chi connectivity index (χ4v) is 2.02. The van der Waals surface area contributed by atoms with Crippen molar-refractivity contribution in [3.8, 4) is 0 Å². The molecule has 20 heavy (non-hydrogen) atoms. The molecule has 1 atom stereocenters. The van der Waals surface area contributed by atoms with Gasteiger partial charge in [0.1, 0.15) is 5.76 Å². The largest absolute Gasteiger partial charge is 0.467 e. The van der Waals surface area contributed by atoms with E-state index in [2.05, 4.69) is 10.6 Å². The van der Waals surface area contributed by atoms with E-state index in [0.717, 1.165) is 17.0 Å². The smallest absolute Gasteiger partial charge is 0.251 e. The second-order valence-corrected chi connectivity index (χ2v) is 4.77. The Hall–Kier alpha value is -2.23. The second-order valence-electron chi connectivity index (χ2n) is 4.77. The highest BCUT2D eigenvalue weighted by atomic mass is 16.3. The summed E-state index contributed by atoms with van der Waals surface area (Å²) < 4.78 is 5.38. The molecule has 0 aliphatic rings. The van der Waals surface area contributed by atoms with Crippen LogP contribution in [0.2, 0.25) is 0 Å². The molecule has 1 amide bonds. The number of benzene rings is 1. The number of amides is 1. The van der Waals surface area contributed by atoms with E-state index in [0.29, 0.717) is 12.1 Å². The Morgan fingerprint density at radius 2 is 2.15 bits per heavy atom. The maximum Gasteiger partial charge on any atom is 0.251 e. The first-order valence-electron chi connectivity index (χ1n) is 6.80. The molecule has 106 valence electrons. The monoisotopic (exact) mass is 272 g/mol. The number of nitrogens with one attached hydrogen (secondary N) is 2. The molecular weight excluding hydrogens is 252 g/mol. The Balaban J connectivity index is 2.18. The third-order valence-electron chi connectivity index (χ3n) is 3.18. The number of carbonyl (C=O) groups is 1. The molecule has 2 aromatic rings. The van der Waals surface area contributed by atoms with Crippen LogP contribution in [0.4, 0.5) is 5.69 Å². The van der Waals surface area contributed by atoms with Crippen molar-refractivity contribution in [1.82, 2.24) is 5.32 Å². The van der Waals surface area contributed by atoms with Gasteiger partial charge in [0.15, 0.2) is 0 Å². The Bertz CT molecular complexity index is 576. The van der Waals surface area contributed by atoms with Crippen LogP contribution in [-0.4, -0.2) is 12.5 Å². The van der Waals surface area contributed by atoms with Crippen molar-refractivity contribution >= 4 is 11.6 Å². The number of aryl methyl sites for hydroxylation is 1. The van der Waals surface area contributed by atoms with Crippen molar-refractivity contribution in [2.45, 2.75) is 26.8 Å². The van der Waals surface area contributed by atoms with Crippen LogP contribution in [0.15, 0.2) is 41.0 Å². The van der Waals surface area contributed by atoms with E-state index >= 15 is 0 Å². The van der Waals surface area contributed by atoms with Gasteiger partial charge in [-0.2, -0.15) is 0 Å². The molecule has 4 nitrogen and oxygen atoms in total. The predicted molar refractivity (Wildman–Crippen MR) is 79.9 cm³/mol. The van der Waals surface area contributed by atoms with E-state index in [1.807, 2.05) is 51.1 Å². The first-order chi connectivity index (χ1) is 9.61. The van der Waals surface area contributed by atoms with Crippen molar-refractivity contribution in [3.05, 3.63) is 53.5 Å². The minimum absolute atomic E-state index is 0.0492. The van der Waals surface area contributed by atoms with E-state index < -0.39 is 0 Å². The first kappa shape index (κ1) is 14.2. The van der Waals surface area contributed by atoms with Gasteiger partial charge < -0.3 is 15.1 Å². The highest BCUT2D eigenvalue weighted by Gasteiger charge is 2.11. The Labute approximate surface area is 119 Å². The van der Waals surface area contributed by atoms with E-state index in [9.17, 15) is 4.79 Å². The molecule has 4 heteroatoms. The normalized spacial score (nSPS) is 11.9. The van der Waals surface area contributed by atoms with Gasteiger partial charge in [0, 0.05) is 17.8 Å². The number of rotatable bonds is 5. The standard InChI is InChI=1S/C16H20N2O2/c1-4-17-16(19)13-8-7-11(2)14(10-13)18-12(3)15-6-5-9-20-15/h5-10,12,18H,4H2,1-3H3,(H,17,19). The maximum absolute atomic E-state index is 11.9. The van der Waals surface area contributed by atoms with Crippen molar-refractivity contribution in [2.75, 3.05) is 11.9 Å². The van der Waals surface area contributed by atoms with Gasteiger partial charge >= 0.3 is 0 Å². The minimum atomic E-state index is -0.0544. The Morgan fingerprint density at radius 3 is 2.80 bits per heavy atom. The van der Waals surface area contributed by atoms with Crippen molar-refractivity contribution in [3.63, 3.8) is 0 Å². The number of anilines is 1. The summed E-state index contributed by atoms with van der Waals surface area (Å²) in [5.41, 5.74) is 2.70. The van der Waals surface area contributed by atoms with Crippen LogP contribution in [0, 0.1) is 6.92 Å². The molecule has 0 saturated heterocycles. The summed E-state index contributed by atoms with van der Waals surface area (Å²) in [4.78, 5) is 11.9. The molecule has 0 aliphatic heterocycles. The predicted octanol–water partition coefficient (Wildman–Crippen LogP) is 3.51. The number of carbonyl (C=O) groups excluding carboxylic acids is 1. The van der Waals surface area contributed by atoms with E-state index in [1.165, 1.54) is 0 Å². The molecule has 0 aliphatic carbocycles. The topological polar surface area (TPSA) is 54.3 Å². The maximum atomic E-state index is 11.9. The van der Waals surface area contributed by atoms with Crippen LogP contribution >= 0.6 is 0 Å². The van der Waals surface area contributed by atoms with Crippen LogP contribution in [0.5, 0.6) is 0 Å². The lowest BCUT2D eigenvalue weighted by Crippen LogP contribution is -2.22. The second kappa shape index (κ2) is 6.28. The highest BCUT2D eigenvalue weighted by molar-refractivity contribution is 5.95. The molecule has 1 unspecified atom stereocenters. The van der Waals surface area contributed by atoms with Gasteiger partial charge in [-0.3, -0.25) is 4.79 Å². The molecule has 1 heterocycles. The fraction of sp³-hybridized carbons (Fsp3) is 0.312. The summed E-state index contributed by atoms with van der Waals surface area (Å²) in [5, 5.41) is 6.18. The number of hydrogen-bond acceptors (Lipinski definition) is 3. The molecule has 0 spiro atoms. The van der Waals surface area contributed by atoms with Crippen LogP contribution < -0.4 is 10.6 Å². The summed E-state index contributed by atoms with van der Waals surface area (Å²) in [7, 11) is 0. The zero-order valence-corrected chi connectivity index (χ0v) is 12.1. The number of furan rings is 1. The van der Waals surface area contributed by atoms with Gasteiger partial charge in [-0.15, -0.1) is 0 Å². The van der Waals surface area contributed by atoms with E-state index in [4.69, 9.17) is 4.42 Å². The van der Waals surface area contributed by atoms with Crippen LogP contribution in [0.1, 0.15) is 41.6 Å². The lowest BCUT2D eigenvalue weighted by atomic mass is 10.1. The SMILES string of the molecule is CCNC(=O)c1ccc(C)c(NC(C)c2ccco2)c1. The van der Waals surface area contributed by atoms with Gasteiger partial charge in [-0.1, -0.05) is 6.07 Å². The zero-order chi connectivity index (χ0) is 14.5. The Kier molecular flexibility index (Phi) is 4.45. The fourth-order valence-electron chi connectivity index (χ4n) is 2.02. The number of hydrogen-bond donors (Lipinski definition) is 2. The quantitative estimate of drug-likeness (QED) is 0.875. The molecule has 1 aromatic carbocycles. The van der Waals surface area contributed by atoms with Gasteiger partial charge in [-0.05, 0) is 50.6 Å². The lowest BCUT2D eigenvalue weighted by Gasteiger charge is -2.16. The third-order valence-corrected chi connectivity index (χ3v) is 3.18. The molecule has 2 rings (SSSR count). The summed E-state index contributed by atoms with van der Waals surface area (Å²) in [6.45, 7) is 6.57. The average Bonchev–Trinajstić information content (AvgIpc) is 2.95. The molecule has 0 radical (unpaired) electrons. The minimum Gasteiger partial charge on any atom is -0.467 e. The molecule has 1 aromatic heterocycles. The van der Waals surface area contributed by atoms with E-state index in [-0.39, 0.29) is 11.9 Å². The van der Waals surface area contributed by atoms with Gasteiger partial charge in [0.25, 0.3) is 5.91 Å². The zero-order valence-electron chi connectivity index (χ0n) is 12.1. The average molecular weight is 272 g/mol. The molecule has 0 saturated carbocycles. The van der Waals surface area contributed by atoms with E-state index in [1.54, 1.807) is 6.26 Å². The molecule has 2 N–H and O–H groups in total. The van der Waals surface area contributed by atoms with Gasteiger partial charge in [0.05, 0.1) is 12.3 Å². The van der Waals surface area contributed by atoms with Crippen LogP contribution in [-0.2, 0) is 0 Å². The van der Waals surface area contributed by atoms with Crippen molar-refractivity contribution in [1.29, 1.82) is 0 Å². The van der Waals surface area contributed by atoms with Gasteiger partial charge in [0.2, 0.25) is 0 Å². The highest BCUT2D eigenvalue weighted by Crippen LogP contribution is 2.23. The summed E-state index contributed by atoms with van der Waals surface area (Å²) in [6, 6.07) is 9.50. The summed E-state index contributed by atoms with van der Waals surface area (Å²) >= 11 is 0. The third kappa shape index (κ3) is 3.20. The molecule has 0 fully saturated rings. The summed E-state index contributed by atoms with van der Waals surface area (Å²) in [6.07, 6.45) is 1.66. The van der Waals surface area contributed by atoms with Crippen molar-refractivity contribution < 1.29 is 9.21 Å². The van der Waals surface area contributed by atoms with Crippen LogP contribution in [0.3, 0.4) is 0 Å². The first-order valence-corrected chi connectivity index (χ1v) is 6.80. The summed E-state index contributed by atoms with van der Waals surface area (Å²) in [5.74, 6) is 0.814. The van der Waals surface area contributed by atoms with Crippen molar-refractivity contribution in [2.24, 2.45) is 0 Å². The lowest BCUT2D eigenvalue weighted by molar-refractivity contribution is 0.0956. The Morgan fingerprint density at radius 1 is 1.35 bits per heavy atom. The van der Waals surface area contributed by atoms with Gasteiger partial charge in [-0.25, -0.2) is 0 Å². The molecular formula is C16H20N2O2. The van der Waals surface area contributed by atoms with Crippen LogP contribution in [0.25, 0.3) is 0 Å². The molecule has 0 bridgehead atoms.